The van der Waals surface area contributed by atoms with Crippen molar-refractivity contribution in [1.29, 1.82) is 0 Å². The number of hydrogen-bond donors (Lipinski definition) is 0. The summed E-state index contributed by atoms with van der Waals surface area (Å²) in [5.41, 5.74) is 0. The minimum absolute atomic E-state index is 0.672. The first-order chi connectivity index (χ1) is 9.99. The van der Waals surface area contributed by atoms with Gasteiger partial charge < -0.3 is 28.4 Å². The maximum absolute atomic E-state index is 5.64. The fraction of sp³-hybridized carbons (Fsp3) is 1.00. The van der Waals surface area contributed by atoms with Crippen LogP contribution in [-0.2, 0) is 28.4 Å². The van der Waals surface area contributed by atoms with Gasteiger partial charge in [0.1, 0.15) is 0 Å². The third-order valence-corrected chi connectivity index (χ3v) is 4.89. The van der Waals surface area contributed by atoms with E-state index in [1.807, 2.05) is 0 Å². The SMILES string of the molecule is COC1(OC)CCC(OC)(OC)CCC(OC)(OC)CC1. The smallest absolute Gasteiger partial charge is 0.167 e. The van der Waals surface area contributed by atoms with Gasteiger partial charge in [0.25, 0.3) is 0 Å². The Balaban J connectivity index is 3.08. The van der Waals surface area contributed by atoms with Gasteiger partial charge in [-0.25, -0.2) is 0 Å². The standard InChI is InChI=1S/C15H30O6/c1-16-13(17-2)7-9-14(18-3,19-4)11-12-15(20-5,21-6)10-8-13/h7-12H2,1-6H3. The van der Waals surface area contributed by atoms with Crippen LogP contribution in [0, 0.1) is 0 Å². The van der Waals surface area contributed by atoms with Crippen molar-refractivity contribution in [3.8, 4) is 0 Å². The number of hydrogen-bond acceptors (Lipinski definition) is 6. The zero-order chi connectivity index (χ0) is 16.0. The molecule has 0 aliphatic heterocycles. The molecule has 0 aromatic heterocycles. The maximum atomic E-state index is 5.64. The first-order valence-electron chi connectivity index (χ1n) is 7.30. The van der Waals surface area contributed by atoms with Crippen LogP contribution in [0.2, 0.25) is 0 Å². The minimum Gasteiger partial charge on any atom is -0.353 e. The summed E-state index contributed by atoms with van der Waals surface area (Å²) in [5.74, 6) is -2.06. The van der Waals surface area contributed by atoms with Crippen molar-refractivity contribution in [2.45, 2.75) is 55.9 Å². The predicted molar refractivity (Wildman–Crippen MR) is 77.9 cm³/mol. The average molecular weight is 306 g/mol. The van der Waals surface area contributed by atoms with E-state index in [0.29, 0.717) is 38.5 Å². The van der Waals surface area contributed by atoms with Crippen molar-refractivity contribution in [3.63, 3.8) is 0 Å². The summed E-state index contributed by atoms with van der Waals surface area (Å²) in [6, 6.07) is 0. The summed E-state index contributed by atoms with van der Waals surface area (Å²) in [7, 11) is 9.94. The van der Waals surface area contributed by atoms with Gasteiger partial charge in [-0.2, -0.15) is 0 Å². The topological polar surface area (TPSA) is 55.4 Å². The molecule has 0 saturated heterocycles. The summed E-state index contributed by atoms with van der Waals surface area (Å²) in [6.07, 6.45) is 4.03. The van der Waals surface area contributed by atoms with Crippen molar-refractivity contribution in [3.05, 3.63) is 0 Å². The zero-order valence-corrected chi connectivity index (χ0v) is 14.2. The Kier molecular flexibility index (Phi) is 7.03. The Morgan fingerprint density at radius 3 is 0.619 bits per heavy atom. The fourth-order valence-electron chi connectivity index (χ4n) is 2.99. The molecule has 1 aliphatic rings. The van der Waals surface area contributed by atoms with Gasteiger partial charge in [-0.1, -0.05) is 0 Å². The van der Waals surface area contributed by atoms with Crippen molar-refractivity contribution in [2.24, 2.45) is 0 Å². The molecule has 0 radical (unpaired) electrons. The van der Waals surface area contributed by atoms with Gasteiger partial charge in [-0.3, -0.25) is 0 Å². The van der Waals surface area contributed by atoms with Crippen LogP contribution in [0.25, 0.3) is 0 Å². The van der Waals surface area contributed by atoms with Gasteiger partial charge in [0.05, 0.1) is 0 Å². The Labute approximate surface area is 128 Å². The summed E-state index contributed by atoms with van der Waals surface area (Å²) in [5, 5.41) is 0. The van der Waals surface area contributed by atoms with E-state index in [2.05, 4.69) is 0 Å². The highest BCUT2D eigenvalue weighted by molar-refractivity contribution is 4.85. The van der Waals surface area contributed by atoms with Crippen LogP contribution in [0.4, 0.5) is 0 Å². The molecule has 126 valence electrons. The monoisotopic (exact) mass is 306 g/mol. The first kappa shape index (κ1) is 18.8. The van der Waals surface area contributed by atoms with E-state index in [1.165, 1.54) is 0 Å². The molecular formula is C15H30O6. The average Bonchev–Trinajstić information content (AvgIpc) is 2.62. The molecule has 1 fully saturated rings. The molecule has 1 saturated carbocycles. The van der Waals surface area contributed by atoms with E-state index < -0.39 is 17.4 Å². The summed E-state index contributed by atoms with van der Waals surface area (Å²) >= 11 is 0. The molecular weight excluding hydrogens is 276 g/mol. The highest BCUT2D eigenvalue weighted by Gasteiger charge is 2.44. The Morgan fingerprint density at radius 1 is 0.381 bits per heavy atom. The molecule has 0 aromatic carbocycles. The van der Waals surface area contributed by atoms with Gasteiger partial charge in [0, 0.05) is 81.2 Å². The number of methoxy groups -OCH3 is 6. The molecule has 1 aliphatic carbocycles. The van der Waals surface area contributed by atoms with Crippen LogP contribution in [0.15, 0.2) is 0 Å². The van der Waals surface area contributed by atoms with Crippen LogP contribution >= 0.6 is 0 Å². The second-order valence-corrected chi connectivity index (χ2v) is 5.46. The number of rotatable bonds is 6. The molecule has 0 amide bonds. The lowest BCUT2D eigenvalue weighted by Gasteiger charge is -2.35. The van der Waals surface area contributed by atoms with Gasteiger partial charge in [-0.05, 0) is 0 Å². The highest BCUT2D eigenvalue weighted by Crippen LogP contribution is 2.39. The molecule has 0 atom stereocenters. The third-order valence-electron chi connectivity index (χ3n) is 4.89. The van der Waals surface area contributed by atoms with Gasteiger partial charge in [0.2, 0.25) is 0 Å². The zero-order valence-electron chi connectivity index (χ0n) is 14.2. The quantitative estimate of drug-likeness (QED) is 0.702. The first-order valence-corrected chi connectivity index (χ1v) is 7.30. The largest absolute Gasteiger partial charge is 0.353 e. The highest BCUT2D eigenvalue weighted by atomic mass is 16.7. The van der Waals surface area contributed by atoms with E-state index >= 15 is 0 Å². The van der Waals surface area contributed by atoms with Gasteiger partial charge >= 0.3 is 0 Å². The molecule has 0 bridgehead atoms. The molecule has 6 heteroatoms. The minimum atomic E-state index is -0.686. The Hall–Kier alpha value is -0.240. The second-order valence-electron chi connectivity index (χ2n) is 5.46. The van der Waals surface area contributed by atoms with Gasteiger partial charge in [-0.15, -0.1) is 0 Å². The molecule has 0 spiro atoms. The van der Waals surface area contributed by atoms with E-state index in [0.717, 1.165) is 0 Å². The lowest BCUT2D eigenvalue weighted by atomic mass is 10.0. The van der Waals surface area contributed by atoms with Gasteiger partial charge in [0.15, 0.2) is 17.4 Å². The normalized spacial score (nSPS) is 24.9. The van der Waals surface area contributed by atoms with Crippen LogP contribution in [-0.4, -0.2) is 60.0 Å². The lowest BCUT2D eigenvalue weighted by Crippen LogP contribution is -2.39. The van der Waals surface area contributed by atoms with Crippen molar-refractivity contribution >= 4 is 0 Å². The van der Waals surface area contributed by atoms with E-state index in [4.69, 9.17) is 28.4 Å². The van der Waals surface area contributed by atoms with Crippen molar-refractivity contribution in [1.82, 2.24) is 0 Å². The predicted octanol–water partition coefficient (Wildman–Crippen LogP) is 2.31. The third kappa shape index (κ3) is 4.15. The molecule has 0 heterocycles. The lowest BCUT2D eigenvalue weighted by molar-refractivity contribution is -0.250. The second kappa shape index (κ2) is 7.85. The molecule has 0 N–H and O–H groups in total. The fourth-order valence-corrected chi connectivity index (χ4v) is 2.99. The molecule has 6 nitrogen and oxygen atoms in total. The Bertz CT molecular complexity index is 229. The van der Waals surface area contributed by atoms with Crippen LogP contribution in [0.3, 0.4) is 0 Å². The van der Waals surface area contributed by atoms with Crippen molar-refractivity contribution < 1.29 is 28.4 Å². The van der Waals surface area contributed by atoms with Crippen LogP contribution in [0.5, 0.6) is 0 Å². The Morgan fingerprint density at radius 2 is 0.524 bits per heavy atom. The van der Waals surface area contributed by atoms with E-state index in [1.54, 1.807) is 42.7 Å². The molecule has 21 heavy (non-hydrogen) atoms. The summed E-state index contributed by atoms with van der Waals surface area (Å²) < 4.78 is 33.8. The van der Waals surface area contributed by atoms with E-state index in [-0.39, 0.29) is 0 Å². The van der Waals surface area contributed by atoms with Crippen molar-refractivity contribution in [2.75, 3.05) is 42.7 Å². The molecule has 1 rings (SSSR count). The number of ether oxygens (including phenoxy) is 6. The summed E-state index contributed by atoms with van der Waals surface area (Å²) in [6.45, 7) is 0. The van der Waals surface area contributed by atoms with Crippen LogP contribution < -0.4 is 0 Å². The molecule has 0 unspecified atom stereocenters. The van der Waals surface area contributed by atoms with E-state index in [9.17, 15) is 0 Å². The molecule has 0 aromatic rings. The maximum Gasteiger partial charge on any atom is 0.167 e. The summed E-state index contributed by atoms with van der Waals surface area (Å²) in [4.78, 5) is 0. The van der Waals surface area contributed by atoms with Crippen LogP contribution in [0.1, 0.15) is 38.5 Å².